The highest BCUT2D eigenvalue weighted by atomic mass is 35.5. The second-order valence-electron chi connectivity index (χ2n) is 25.8. The normalized spacial score (nSPS) is 11.0. The maximum absolute atomic E-state index is 15.2. The molecule has 0 unspecified atom stereocenters. The molecule has 29 nitrogen and oxygen atoms in total. The van der Waals surface area contributed by atoms with Crippen molar-refractivity contribution < 1.29 is 67.7 Å². The molecule has 0 saturated heterocycles. The number of nitrogens with two attached hydrogens (primary N) is 5. The van der Waals surface area contributed by atoms with E-state index in [1.165, 1.54) is 29.4 Å². The van der Waals surface area contributed by atoms with Gasteiger partial charge in [-0.25, -0.2) is 0 Å². The molecule has 588 valence electrons. The lowest BCUT2D eigenvalue weighted by molar-refractivity contribution is -0.149. The number of halogens is 4. The van der Waals surface area contributed by atoms with E-state index in [2.05, 4.69) is 5.32 Å². The molecule has 10 amide bonds. The van der Waals surface area contributed by atoms with E-state index in [0.717, 1.165) is 37.0 Å². The number of unbranched alkanes of at least 4 members (excludes halogenated alkanes) is 4. The number of aliphatic carboxylic acids is 2. The summed E-state index contributed by atoms with van der Waals surface area (Å²) in [5.74, 6) is -9.73. The number of hydrogen-bond donors (Lipinski definition) is 8. The van der Waals surface area contributed by atoms with Crippen LogP contribution in [0.25, 0.3) is 0 Å². The van der Waals surface area contributed by atoms with Crippen LogP contribution in [-0.2, 0) is 83.2 Å². The Bertz CT molecular complexity index is 3480. The number of nitrogens with one attached hydrogen (secondary N) is 1. The lowest BCUT2D eigenvalue weighted by Gasteiger charge is -2.33. The van der Waals surface area contributed by atoms with E-state index in [4.69, 9.17) is 75.1 Å². The first-order valence-corrected chi connectivity index (χ1v) is 37.4. The Morgan fingerprint density at radius 3 is 0.738 bits per heavy atom. The number of carboxylic acids is 2. The Morgan fingerprint density at radius 2 is 0.505 bits per heavy atom. The Kier molecular flexibility index (Phi) is 43.3. The molecule has 4 aromatic rings. The lowest BCUT2D eigenvalue weighted by atomic mass is 10.1. The van der Waals surface area contributed by atoms with Crippen LogP contribution in [0.15, 0.2) is 97.1 Å². The Balaban J connectivity index is 1.68. The fourth-order valence-corrected chi connectivity index (χ4v) is 11.6. The second kappa shape index (κ2) is 50.9. The van der Waals surface area contributed by atoms with Gasteiger partial charge < -0.3 is 88.3 Å². The molecule has 0 aliphatic heterocycles. The second-order valence-corrected chi connectivity index (χ2v) is 27.5. The van der Waals surface area contributed by atoms with Gasteiger partial charge in [0.2, 0.25) is 59.1 Å². The van der Waals surface area contributed by atoms with Crippen LogP contribution in [0.5, 0.6) is 0 Å². The van der Waals surface area contributed by atoms with Crippen LogP contribution in [0.3, 0.4) is 0 Å². The molecule has 0 radical (unpaired) electrons. The summed E-state index contributed by atoms with van der Waals surface area (Å²) < 4.78 is 0. The van der Waals surface area contributed by atoms with Crippen molar-refractivity contribution in [1.82, 2.24) is 49.4 Å². The quantitative estimate of drug-likeness (QED) is 0.0295. The van der Waals surface area contributed by atoms with Crippen molar-refractivity contribution in [2.75, 3.05) is 157 Å². The molecule has 0 aliphatic carbocycles. The molecular formula is C74H105Cl4N15O14. The van der Waals surface area contributed by atoms with E-state index in [-0.39, 0.29) is 104 Å². The SMILES string of the molecule is NCCCCN(CC(=O)N(CCC(=O)O)CC(=O)N(CCC(=O)O)CC(N)=O)C(=O)CN(CCCCN)C(=O)CN(CCCCN)C(=O)CN(CCCCN)C(=O)CN(CCc1ccc(Cl)cc1)C(=O)CN(CCc1ccc(Cl)cc1)C(=O)CN(CCc1ccc(Cl)cc1)C(=O)CNCCc1ccc(Cl)cc1. The highest BCUT2D eigenvalue weighted by molar-refractivity contribution is 6.31. The largest absolute Gasteiger partial charge is 0.481 e. The molecule has 107 heavy (non-hydrogen) atoms. The number of hydrogen-bond acceptors (Lipinski definition) is 17. The predicted molar refractivity (Wildman–Crippen MR) is 410 cm³/mol. The van der Waals surface area contributed by atoms with E-state index in [0.29, 0.717) is 84.4 Å². The van der Waals surface area contributed by atoms with Gasteiger partial charge in [-0.15, -0.1) is 0 Å². The number of amides is 10. The summed E-state index contributed by atoms with van der Waals surface area (Å²) in [5, 5.41) is 24.2. The smallest absolute Gasteiger partial charge is 0.305 e. The van der Waals surface area contributed by atoms with Gasteiger partial charge in [0.15, 0.2) is 0 Å². The zero-order valence-corrected chi connectivity index (χ0v) is 63.8. The van der Waals surface area contributed by atoms with Crippen LogP contribution in [0.1, 0.15) is 86.5 Å². The number of rotatable bonds is 54. The van der Waals surface area contributed by atoms with Crippen LogP contribution in [0.2, 0.25) is 20.1 Å². The Morgan fingerprint density at radius 1 is 0.290 bits per heavy atom. The molecule has 0 spiro atoms. The van der Waals surface area contributed by atoms with Gasteiger partial charge in [-0.05, 0) is 181 Å². The van der Waals surface area contributed by atoms with Gasteiger partial charge in [-0.3, -0.25) is 57.5 Å². The third kappa shape index (κ3) is 36.8. The summed E-state index contributed by atoms with van der Waals surface area (Å²) in [4.78, 5) is 177. The lowest BCUT2D eigenvalue weighted by Crippen LogP contribution is -2.53. The maximum atomic E-state index is 15.2. The van der Waals surface area contributed by atoms with Crippen molar-refractivity contribution in [1.29, 1.82) is 0 Å². The minimum Gasteiger partial charge on any atom is -0.481 e. The van der Waals surface area contributed by atoms with Crippen molar-refractivity contribution in [3.8, 4) is 0 Å². The summed E-state index contributed by atoms with van der Waals surface area (Å²) >= 11 is 24.9. The van der Waals surface area contributed by atoms with Crippen molar-refractivity contribution in [3.63, 3.8) is 0 Å². The summed E-state index contributed by atoms with van der Waals surface area (Å²) in [6.07, 6.45) is 3.12. The van der Waals surface area contributed by atoms with Gasteiger partial charge in [0.1, 0.15) is 0 Å². The molecule has 33 heteroatoms. The van der Waals surface area contributed by atoms with Crippen molar-refractivity contribution >= 4 is 117 Å². The summed E-state index contributed by atoms with van der Waals surface area (Å²) in [6.45, 7) is -5.38. The van der Waals surface area contributed by atoms with Crippen LogP contribution in [-0.4, -0.2) is 282 Å². The molecule has 0 aliphatic rings. The standard InChI is InChI=1S/C74H105Cl4N15O14/c75-59-17-9-55(10-18-59)25-35-84-45-64(95)90(40-26-56-11-19-60(76)20-12-56)51-71(102)92(42-28-58-15-23-62(78)24-16-58)54-72(103)91(41-27-57-13-21-61(77)22-14-57)52-68(99)87(38-7-3-33-81)49-66(97)85(36-5-1-31-79)47-65(96)86(37-6-2-32-80)48-67(98)88(39-8-4-34-82)50-70(101)93(44-30-74(106)107)53-69(100)89(46-63(83)94)43-29-73(104)105/h9-24,84H,1-8,25-54,79-82H2,(H2,83,94)(H,104,105)(H,106,107). The predicted octanol–water partition coefficient (Wildman–Crippen LogP) is 3.01. The van der Waals surface area contributed by atoms with E-state index >= 15 is 9.59 Å². The van der Waals surface area contributed by atoms with Crippen LogP contribution in [0.4, 0.5) is 0 Å². The molecule has 0 saturated carbocycles. The number of carbonyl (C=O) groups excluding carboxylic acids is 10. The van der Waals surface area contributed by atoms with Gasteiger partial charge in [0, 0.05) is 79.0 Å². The van der Waals surface area contributed by atoms with Crippen LogP contribution < -0.4 is 34.0 Å². The molecule has 0 fully saturated rings. The van der Waals surface area contributed by atoms with Gasteiger partial charge in [0.25, 0.3) is 0 Å². The summed E-state index contributed by atoms with van der Waals surface area (Å²) in [5.41, 5.74) is 32.3. The van der Waals surface area contributed by atoms with E-state index in [1.807, 2.05) is 24.3 Å². The third-order valence-electron chi connectivity index (χ3n) is 17.4. The van der Waals surface area contributed by atoms with Gasteiger partial charge >= 0.3 is 11.9 Å². The first kappa shape index (κ1) is 90.9. The van der Waals surface area contributed by atoms with Gasteiger partial charge in [-0.1, -0.05) is 94.9 Å². The zero-order chi connectivity index (χ0) is 78.6. The zero-order valence-electron chi connectivity index (χ0n) is 60.8. The van der Waals surface area contributed by atoms with Crippen LogP contribution in [0, 0.1) is 0 Å². The van der Waals surface area contributed by atoms with E-state index < -0.39 is 150 Å². The highest BCUT2D eigenvalue weighted by Crippen LogP contribution is 2.17. The molecule has 4 aromatic carbocycles. The highest BCUT2D eigenvalue weighted by Gasteiger charge is 2.32. The fourth-order valence-electron chi connectivity index (χ4n) is 11.1. The monoisotopic (exact) mass is 1570 g/mol. The molecule has 0 aromatic heterocycles. The molecule has 4 rings (SSSR count). The van der Waals surface area contributed by atoms with Gasteiger partial charge in [0.05, 0.1) is 78.3 Å². The summed E-state index contributed by atoms with van der Waals surface area (Å²) in [7, 11) is 0. The minimum atomic E-state index is -1.33. The average molecular weight is 1570 g/mol. The van der Waals surface area contributed by atoms with Crippen molar-refractivity contribution in [2.24, 2.45) is 28.7 Å². The van der Waals surface area contributed by atoms with Crippen LogP contribution >= 0.6 is 46.4 Å². The average Bonchev–Trinajstić information content (AvgIpc) is 0.855. The van der Waals surface area contributed by atoms with E-state index in [9.17, 15) is 58.2 Å². The molecule has 0 heterocycles. The number of benzene rings is 4. The Hall–Kier alpha value is -8.52. The number of primary amides is 1. The minimum absolute atomic E-state index is 0.00631. The maximum Gasteiger partial charge on any atom is 0.305 e. The third-order valence-corrected chi connectivity index (χ3v) is 18.4. The number of nitrogens with zero attached hydrogens (tertiary/aromatic N) is 9. The number of carbonyl (C=O) groups is 12. The summed E-state index contributed by atoms with van der Waals surface area (Å²) in [6, 6.07) is 28.4. The molecule has 0 atom stereocenters. The number of carboxylic acid groups (broad SMARTS) is 2. The first-order valence-electron chi connectivity index (χ1n) is 35.9. The van der Waals surface area contributed by atoms with Crippen molar-refractivity contribution in [3.05, 3.63) is 139 Å². The fraction of sp³-hybridized carbons (Fsp3) is 0.514. The van der Waals surface area contributed by atoms with Gasteiger partial charge in [-0.2, -0.15) is 0 Å². The molecular weight excluding hydrogens is 1460 g/mol. The van der Waals surface area contributed by atoms with Crippen molar-refractivity contribution in [2.45, 2.75) is 89.9 Å². The molecule has 0 bridgehead atoms. The first-order chi connectivity index (χ1) is 51.2. The topological polar surface area (TPSA) is 417 Å². The molecule has 13 N–H and O–H groups in total. The Labute approximate surface area is 646 Å². The van der Waals surface area contributed by atoms with E-state index in [1.54, 1.807) is 72.8 Å².